The number of amides is 1. The van der Waals surface area contributed by atoms with Crippen LogP contribution in [-0.4, -0.2) is 29.2 Å². The van der Waals surface area contributed by atoms with E-state index in [4.69, 9.17) is 0 Å². The molecule has 1 fully saturated rings. The third kappa shape index (κ3) is 5.31. The molecule has 1 aliphatic carbocycles. The Bertz CT molecular complexity index is 1170. The number of aromatic amines is 1. The summed E-state index contributed by atoms with van der Waals surface area (Å²) in [4.78, 5) is 38.7. The molecule has 2 aromatic rings. The van der Waals surface area contributed by atoms with Crippen molar-refractivity contribution in [1.29, 1.82) is 0 Å². The largest absolute Gasteiger partial charge is 0.362 e. The molecule has 32 heavy (non-hydrogen) atoms. The third-order valence-electron chi connectivity index (χ3n) is 5.07. The molecule has 0 radical (unpaired) electrons. The minimum absolute atomic E-state index is 0.0391. The number of aromatic nitrogens is 1. The van der Waals surface area contributed by atoms with Crippen molar-refractivity contribution in [3.05, 3.63) is 81.6 Å². The van der Waals surface area contributed by atoms with Gasteiger partial charge < -0.3 is 10.2 Å². The van der Waals surface area contributed by atoms with E-state index in [9.17, 15) is 14.4 Å². The number of hydrogen-bond acceptors (Lipinski definition) is 5. The number of rotatable bonds is 9. The van der Waals surface area contributed by atoms with E-state index in [-0.39, 0.29) is 22.6 Å². The van der Waals surface area contributed by atoms with Crippen LogP contribution in [0.3, 0.4) is 0 Å². The molecule has 1 heterocycles. The predicted octanol–water partition coefficient (Wildman–Crippen LogP) is 4.40. The zero-order valence-electron chi connectivity index (χ0n) is 18.3. The number of allylic oxidation sites excluding steroid dienone is 4. The van der Waals surface area contributed by atoms with Gasteiger partial charge in [0.25, 0.3) is 5.56 Å². The number of nitrogens with one attached hydrogen (secondary N) is 2. The normalized spacial score (nSPS) is 13.9. The SMILES string of the molecule is C=C(/C=C(\C=C/CC)c1ccc(C(=O)c2c(N(C)C3CC3)s[nH]c2=O)cc1F)NC(C)=O. The topological polar surface area (TPSA) is 82.3 Å². The number of carbonyl (C=O) groups is 2. The third-order valence-corrected chi connectivity index (χ3v) is 6.04. The van der Waals surface area contributed by atoms with Gasteiger partial charge in [-0.05, 0) is 48.5 Å². The first-order valence-corrected chi connectivity index (χ1v) is 11.2. The van der Waals surface area contributed by atoms with Gasteiger partial charge in [-0.2, -0.15) is 0 Å². The van der Waals surface area contributed by atoms with Crippen molar-refractivity contribution in [2.45, 2.75) is 39.2 Å². The maximum absolute atomic E-state index is 15.1. The van der Waals surface area contributed by atoms with Gasteiger partial charge in [-0.1, -0.05) is 37.8 Å². The lowest BCUT2D eigenvalue weighted by Gasteiger charge is -2.17. The summed E-state index contributed by atoms with van der Waals surface area (Å²) in [5.74, 6) is -1.40. The van der Waals surface area contributed by atoms with Crippen LogP contribution in [0.4, 0.5) is 9.39 Å². The first-order chi connectivity index (χ1) is 15.2. The first-order valence-electron chi connectivity index (χ1n) is 10.4. The summed E-state index contributed by atoms with van der Waals surface area (Å²) in [5, 5.41) is 3.14. The maximum atomic E-state index is 15.1. The number of ketones is 1. The molecule has 0 bridgehead atoms. The molecule has 0 saturated heterocycles. The molecule has 1 aliphatic rings. The molecule has 0 aliphatic heterocycles. The molecular formula is C24H26FN3O3S. The highest BCUT2D eigenvalue weighted by Gasteiger charge is 2.32. The van der Waals surface area contributed by atoms with Gasteiger partial charge in [-0.25, -0.2) is 4.39 Å². The van der Waals surface area contributed by atoms with E-state index in [1.165, 1.54) is 19.1 Å². The fourth-order valence-corrected chi connectivity index (χ4v) is 4.19. The van der Waals surface area contributed by atoms with Crippen molar-refractivity contribution in [3.63, 3.8) is 0 Å². The minimum atomic E-state index is -0.609. The van der Waals surface area contributed by atoms with Crippen LogP contribution in [-0.2, 0) is 4.79 Å². The van der Waals surface area contributed by atoms with Crippen LogP contribution in [0.1, 0.15) is 54.6 Å². The van der Waals surface area contributed by atoms with Crippen molar-refractivity contribution in [2.24, 2.45) is 0 Å². The Morgan fingerprint density at radius 2 is 2.09 bits per heavy atom. The summed E-state index contributed by atoms with van der Waals surface area (Å²) in [5.41, 5.74) is 0.754. The fourth-order valence-electron chi connectivity index (χ4n) is 3.32. The molecule has 8 heteroatoms. The average molecular weight is 456 g/mol. The molecule has 1 aromatic carbocycles. The predicted molar refractivity (Wildman–Crippen MR) is 127 cm³/mol. The van der Waals surface area contributed by atoms with Crippen LogP contribution >= 0.6 is 11.5 Å². The van der Waals surface area contributed by atoms with Crippen LogP contribution in [0.5, 0.6) is 0 Å². The molecule has 0 spiro atoms. The number of hydrogen-bond donors (Lipinski definition) is 2. The van der Waals surface area contributed by atoms with E-state index < -0.39 is 17.2 Å². The van der Waals surface area contributed by atoms with Gasteiger partial charge in [-0.3, -0.25) is 18.8 Å². The first kappa shape index (κ1) is 23.4. The highest BCUT2D eigenvalue weighted by Crippen LogP contribution is 2.34. The standard InChI is InChI=1S/C24H26FN3O3S/c1-5-6-7-16(12-14(2)26-15(3)29)19-11-8-17(13-20(19)25)22(30)21-23(31)27-32-24(21)28(4)18-9-10-18/h6-8,11-13,18H,2,5,9-10H2,1,3-4H3,(H,26,29)(H,27,31)/b7-6-,16-12+. The number of anilines is 1. The van der Waals surface area contributed by atoms with Gasteiger partial charge in [-0.15, -0.1) is 0 Å². The molecule has 0 atom stereocenters. The molecular weight excluding hydrogens is 429 g/mol. The summed E-state index contributed by atoms with van der Waals surface area (Å²) in [6, 6.07) is 4.47. The van der Waals surface area contributed by atoms with Gasteiger partial charge in [0.15, 0.2) is 0 Å². The number of benzene rings is 1. The summed E-state index contributed by atoms with van der Waals surface area (Å²) >= 11 is 1.12. The second kappa shape index (κ2) is 9.91. The van der Waals surface area contributed by atoms with Crippen LogP contribution in [0.25, 0.3) is 5.57 Å². The summed E-state index contributed by atoms with van der Waals surface area (Å²) < 4.78 is 17.7. The molecule has 1 aromatic heterocycles. The van der Waals surface area contributed by atoms with E-state index in [1.807, 2.05) is 24.9 Å². The van der Waals surface area contributed by atoms with E-state index in [1.54, 1.807) is 12.2 Å². The van der Waals surface area contributed by atoms with E-state index >= 15 is 4.39 Å². The quantitative estimate of drug-likeness (QED) is 0.434. The highest BCUT2D eigenvalue weighted by molar-refractivity contribution is 7.10. The Morgan fingerprint density at radius 1 is 1.38 bits per heavy atom. The van der Waals surface area contributed by atoms with Crippen LogP contribution in [0.15, 0.2) is 53.5 Å². The van der Waals surface area contributed by atoms with E-state index in [2.05, 4.69) is 16.3 Å². The average Bonchev–Trinajstić information content (AvgIpc) is 3.51. The summed E-state index contributed by atoms with van der Waals surface area (Å²) in [7, 11) is 1.86. The van der Waals surface area contributed by atoms with Crippen molar-refractivity contribution < 1.29 is 14.0 Å². The molecule has 6 nitrogen and oxygen atoms in total. The van der Waals surface area contributed by atoms with Gasteiger partial charge in [0.05, 0.1) is 0 Å². The van der Waals surface area contributed by atoms with Crippen LogP contribution in [0.2, 0.25) is 0 Å². The Morgan fingerprint density at radius 3 is 2.69 bits per heavy atom. The second-order valence-corrected chi connectivity index (χ2v) is 8.49. The molecule has 2 N–H and O–H groups in total. The molecule has 168 valence electrons. The Hall–Kier alpha value is -3.26. The monoisotopic (exact) mass is 455 g/mol. The van der Waals surface area contributed by atoms with Crippen LogP contribution in [0, 0.1) is 5.82 Å². The molecule has 0 unspecified atom stereocenters. The molecule has 1 amide bonds. The zero-order chi connectivity index (χ0) is 23.4. The lowest BCUT2D eigenvalue weighted by atomic mass is 9.98. The molecule has 1 saturated carbocycles. The number of nitrogens with zero attached hydrogens (tertiary/aromatic N) is 1. The Balaban J connectivity index is 1.96. The van der Waals surface area contributed by atoms with Crippen molar-refractivity contribution in [2.75, 3.05) is 11.9 Å². The fraction of sp³-hybridized carbons (Fsp3) is 0.292. The minimum Gasteiger partial charge on any atom is -0.362 e. The van der Waals surface area contributed by atoms with Gasteiger partial charge in [0.2, 0.25) is 11.7 Å². The second-order valence-electron chi connectivity index (χ2n) is 7.70. The zero-order valence-corrected chi connectivity index (χ0v) is 19.1. The summed E-state index contributed by atoms with van der Waals surface area (Å²) in [6.07, 6.45) is 7.93. The molecule has 3 rings (SSSR count). The smallest absolute Gasteiger partial charge is 0.271 e. The van der Waals surface area contributed by atoms with Crippen molar-refractivity contribution in [3.8, 4) is 0 Å². The van der Waals surface area contributed by atoms with Crippen molar-refractivity contribution >= 4 is 33.8 Å². The maximum Gasteiger partial charge on any atom is 0.271 e. The Labute approximate surface area is 190 Å². The van der Waals surface area contributed by atoms with Gasteiger partial charge in [0, 0.05) is 36.8 Å². The lowest BCUT2D eigenvalue weighted by molar-refractivity contribution is -0.118. The van der Waals surface area contributed by atoms with Crippen molar-refractivity contribution in [1.82, 2.24) is 9.69 Å². The van der Waals surface area contributed by atoms with Crippen LogP contribution < -0.4 is 15.8 Å². The number of H-pyrrole nitrogens is 1. The Kier molecular flexibility index (Phi) is 7.25. The summed E-state index contributed by atoms with van der Waals surface area (Å²) in [6.45, 7) is 7.08. The van der Waals surface area contributed by atoms with E-state index in [0.717, 1.165) is 36.9 Å². The van der Waals surface area contributed by atoms with E-state index in [0.29, 0.717) is 22.3 Å². The van der Waals surface area contributed by atoms with Gasteiger partial charge >= 0.3 is 0 Å². The van der Waals surface area contributed by atoms with Gasteiger partial charge in [0.1, 0.15) is 16.4 Å². The lowest BCUT2D eigenvalue weighted by Crippen LogP contribution is -2.23. The highest BCUT2D eigenvalue weighted by atomic mass is 32.1. The number of carbonyl (C=O) groups excluding carboxylic acids is 2. The number of halogens is 1.